The van der Waals surface area contributed by atoms with E-state index in [0.29, 0.717) is 18.4 Å². The number of rotatable bonds is 3. The van der Waals surface area contributed by atoms with Crippen LogP contribution in [0.2, 0.25) is 0 Å². The summed E-state index contributed by atoms with van der Waals surface area (Å²) in [4.78, 5) is 26.5. The lowest BCUT2D eigenvalue weighted by Crippen LogP contribution is -2.42. The zero-order chi connectivity index (χ0) is 14.6. The van der Waals surface area contributed by atoms with Crippen molar-refractivity contribution in [3.63, 3.8) is 0 Å². The van der Waals surface area contributed by atoms with Crippen LogP contribution in [0.3, 0.4) is 0 Å². The molecule has 0 N–H and O–H groups in total. The first-order valence-corrected chi connectivity index (χ1v) is 8.66. The average Bonchev–Trinajstić information content (AvgIpc) is 2.94. The van der Waals surface area contributed by atoms with Crippen LogP contribution >= 0.6 is 0 Å². The van der Waals surface area contributed by atoms with Crippen LogP contribution in [0.15, 0.2) is 0 Å². The molecule has 1 aliphatic heterocycles. The molecule has 0 aromatic heterocycles. The molecule has 0 radical (unpaired) electrons. The van der Waals surface area contributed by atoms with Gasteiger partial charge in [0, 0.05) is 19.0 Å². The summed E-state index contributed by atoms with van der Waals surface area (Å²) in [6, 6.07) is 0. The molecular weight excluding hydrogens is 266 g/mol. The number of carbonyl (C=O) groups is 2. The summed E-state index contributed by atoms with van der Waals surface area (Å²) in [6.45, 7) is 3.78. The fourth-order valence-electron chi connectivity index (χ4n) is 5.46. The first-order chi connectivity index (χ1) is 10.2. The third-order valence-corrected chi connectivity index (χ3v) is 6.45. The molecule has 0 spiro atoms. The van der Waals surface area contributed by atoms with E-state index in [0.717, 1.165) is 49.6 Å². The Hall–Kier alpha value is -1.06. The van der Waals surface area contributed by atoms with Crippen molar-refractivity contribution in [2.75, 3.05) is 19.7 Å². The lowest BCUT2D eigenvalue weighted by Gasteiger charge is -2.31. The first-order valence-electron chi connectivity index (χ1n) is 8.66. The summed E-state index contributed by atoms with van der Waals surface area (Å²) in [6.07, 6.45) is 5.67. The van der Waals surface area contributed by atoms with Gasteiger partial charge in [0.1, 0.15) is 0 Å². The number of fused-ring (bicyclic) bond motifs is 5. The lowest BCUT2D eigenvalue weighted by atomic mass is 9.95. The zero-order valence-electron chi connectivity index (χ0n) is 12.8. The van der Waals surface area contributed by atoms with Gasteiger partial charge < -0.3 is 9.64 Å². The van der Waals surface area contributed by atoms with Crippen LogP contribution < -0.4 is 0 Å². The van der Waals surface area contributed by atoms with Gasteiger partial charge >= 0.3 is 5.97 Å². The molecule has 4 nitrogen and oxygen atoms in total. The maximum atomic E-state index is 12.7. The van der Waals surface area contributed by atoms with Gasteiger partial charge in [0.05, 0.1) is 12.5 Å². The minimum atomic E-state index is -0.0778. The van der Waals surface area contributed by atoms with Crippen molar-refractivity contribution in [2.45, 2.75) is 39.0 Å². The molecule has 4 rings (SSSR count). The second-order valence-corrected chi connectivity index (χ2v) is 7.37. The molecule has 3 saturated carbocycles. The van der Waals surface area contributed by atoms with E-state index < -0.39 is 0 Å². The van der Waals surface area contributed by atoms with Gasteiger partial charge in [0.15, 0.2) is 0 Å². The van der Waals surface area contributed by atoms with Crippen molar-refractivity contribution in [1.29, 1.82) is 0 Å². The van der Waals surface area contributed by atoms with Crippen molar-refractivity contribution in [3.05, 3.63) is 0 Å². The van der Waals surface area contributed by atoms with E-state index in [4.69, 9.17) is 4.74 Å². The number of nitrogens with zero attached hydrogens (tertiary/aromatic N) is 1. The normalized spacial score (nSPS) is 41.0. The van der Waals surface area contributed by atoms with Crippen LogP contribution in [0.1, 0.15) is 39.0 Å². The number of likely N-dealkylation sites (tertiary alicyclic amines) is 1. The highest BCUT2D eigenvalue weighted by molar-refractivity contribution is 5.83. The molecule has 0 aromatic rings. The maximum absolute atomic E-state index is 12.7. The molecule has 4 atom stereocenters. The van der Waals surface area contributed by atoms with Crippen LogP contribution in [0.5, 0.6) is 0 Å². The summed E-state index contributed by atoms with van der Waals surface area (Å²) < 4.78 is 5.09. The molecule has 0 aromatic carbocycles. The molecule has 1 heterocycles. The van der Waals surface area contributed by atoms with Crippen LogP contribution in [0.4, 0.5) is 0 Å². The van der Waals surface area contributed by atoms with Crippen molar-refractivity contribution in [1.82, 2.24) is 4.90 Å². The topological polar surface area (TPSA) is 46.6 Å². The molecule has 1 amide bonds. The van der Waals surface area contributed by atoms with Crippen molar-refractivity contribution in [3.8, 4) is 0 Å². The molecule has 21 heavy (non-hydrogen) atoms. The summed E-state index contributed by atoms with van der Waals surface area (Å²) in [5, 5.41) is 0. The van der Waals surface area contributed by atoms with E-state index in [1.165, 1.54) is 19.3 Å². The van der Waals surface area contributed by atoms with Gasteiger partial charge in [-0.2, -0.15) is 0 Å². The van der Waals surface area contributed by atoms with Crippen LogP contribution in [-0.2, 0) is 14.3 Å². The average molecular weight is 291 g/mol. The number of piperidine rings is 1. The van der Waals surface area contributed by atoms with Crippen LogP contribution in [0.25, 0.3) is 0 Å². The molecule has 4 heteroatoms. The fourth-order valence-corrected chi connectivity index (χ4v) is 5.46. The monoisotopic (exact) mass is 291 g/mol. The van der Waals surface area contributed by atoms with Gasteiger partial charge in [-0.25, -0.2) is 0 Å². The van der Waals surface area contributed by atoms with Gasteiger partial charge in [0.2, 0.25) is 5.91 Å². The highest BCUT2D eigenvalue weighted by Gasteiger charge is 2.68. The Morgan fingerprint density at radius 1 is 1.05 bits per heavy atom. The highest BCUT2D eigenvalue weighted by Crippen LogP contribution is 2.69. The first kappa shape index (κ1) is 13.6. The van der Waals surface area contributed by atoms with Crippen LogP contribution in [-0.4, -0.2) is 36.5 Å². The summed E-state index contributed by atoms with van der Waals surface area (Å²) in [5.41, 5.74) is 0. The van der Waals surface area contributed by atoms with E-state index in [9.17, 15) is 9.59 Å². The molecule has 4 aliphatic rings. The summed E-state index contributed by atoms with van der Waals surface area (Å²) in [7, 11) is 0. The SMILES string of the molecule is CCOC(=O)C1CCN(C(=O)C2C3C4CCC(C4)C23)CC1. The molecule has 116 valence electrons. The van der Waals surface area contributed by atoms with Gasteiger partial charge in [-0.15, -0.1) is 0 Å². The third kappa shape index (κ3) is 2.09. The Balaban J connectivity index is 1.31. The van der Waals surface area contributed by atoms with Crippen molar-refractivity contribution < 1.29 is 14.3 Å². The predicted molar refractivity (Wildman–Crippen MR) is 77.2 cm³/mol. The van der Waals surface area contributed by atoms with E-state index in [1.54, 1.807) is 0 Å². The molecule has 2 bridgehead atoms. The van der Waals surface area contributed by atoms with Gasteiger partial charge in [-0.05, 0) is 62.7 Å². The second-order valence-electron chi connectivity index (χ2n) is 7.37. The fraction of sp³-hybridized carbons (Fsp3) is 0.882. The molecule has 4 fully saturated rings. The number of esters is 1. The number of ether oxygens (including phenoxy) is 1. The minimum Gasteiger partial charge on any atom is -0.466 e. The van der Waals surface area contributed by atoms with E-state index >= 15 is 0 Å². The van der Waals surface area contributed by atoms with Crippen LogP contribution in [0, 0.1) is 35.5 Å². The Morgan fingerprint density at radius 3 is 2.24 bits per heavy atom. The van der Waals surface area contributed by atoms with Gasteiger partial charge in [-0.3, -0.25) is 9.59 Å². The van der Waals surface area contributed by atoms with E-state index in [1.807, 2.05) is 11.8 Å². The summed E-state index contributed by atoms with van der Waals surface area (Å²) in [5.74, 6) is 3.81. The van der Waals surface area contributed by atoms with E-state index in [2.05, 4.69) is 0 Å². The number of carbonyl (C=O) groups excluding carboxylic acids is 2. The van der Waals surface area contributed by atoms with Crippen molar-refractivity contribution in [2.24, 2.45) is 35.5 Å². The minimum absolute atomic E-state index is 0.00360. The third-order valence-electron chi connectivity index (χ3n) is 6.45. The van der Waals surface area contributed by atoms with Crippen molar-refractivity contribution >= 4 is 11.9 Å². The Bertz CT molecular complexity index is 439. The predicted octanol–water partition coefficient (Wildman–Crippen LogP) is 2.08. The van der Waals surface area contributed by atoms with Gasteiger partial charge in [-0.1, -0.05) is 0 Å². The largest absolute Gasteiger partial charge is 0.466 e. The maximum Gasteiger partial charge on any atom is 0.309 e. The smallest absolute Gasteiger partial charge is 0.309 e. The Kier molecular flexibility index (Phi) is 3.23. The molecule has 3 aliphatic carbocycles. The van der Waals surface area contributed by atoms with E-state index in [-0.39, 0.29) is 11.9 Å². The quantitative estimate of drug-likeness (QED) is 0.748. The number of amides is 1. The molecule has 4 unspecified atom stereocenters. The van der Waals surface area contributed by atoms with Gasteiger partial charge in [0.25, 0.3) is 0 Å². The standard InChI is InChI=1S/C17H25NO3/c1-2-21-17(20)10-5-7-18(8-6-10)16(19)15-13-11-3-4-12(9-11)14(13)15/h10-15H,2-9H2,1H3. The lowest BCUT2D eigenvalue weighted by molar-refractivity contribution is -0.151. The highest BCUT2D eigenvalue weighted by atomic mass is 16.5. The Morgan fingerprint density at radius 2 is 1.67 bits per heavy atom. The molecular formula is C17H25NO3. The molecule has 1 saturated heterocycles. The Labute approximate surface area is 126 Å². The number of hydrogen-bond acceptors (Lipinski definition) is 3. The summed E-state index contributed by atoms with van der Waals surface area (Å²) >= 11 is 0. The zero-order valence-corrected chi connectivity index (χ0v) is 12.8. The number of hydrogen-bond donors (Lipinski definition) is 0. The second kappa shape index (κ2) is 4.99.